The van der Waals surface area contributed by atoms with Gasteiger partial charge in [-0.3, -0.25) is 15.5 Å². The normalized spacial score (nSPS) is 12.3. The lowest BCUT2D eigenvalue weighted by Crippen LogP contribution is -2.14. The molecule has 29 heavy (non-hydrogen) atoms. The minimum atomic E-state index is -4.99. The molecule has 0 fully saturated rings. The molecule has 0 unspecified atom stereocenters. The number of thiophene rings is 1. The van der Waals surface area contributed by atoms with Crippen LogP contribution in [0.1, 0.15) is 20.8 Å². The Morgan fingerprint density at radius 2 is 1.66 bits per heavy atom. The molecular weight excluding hydrogens is 429 g/mol. The van der Waals surface area contributed by atoms with E-state index in [2.05, 4.69) is 5.32 Å². The van der Waals surface area contributed by atoms with Crippen LogP contribution in [0.3, 0.4) is 0 Å². The van der Waals surface area contributed by atoms with E-state index < -0.39 is 35.2 Å². The van der Waals surface area contributed by atoms with Crippen molar-refractivity contribution in [2.45, 2.75) is 12.4 Å². The molecule has 4 nitrogen and oxygen atoms in total. The number of halogens is 7. The third kappa shape index (κ3) is 4.12. The van der Waals surface area contributed by atoms with Gasteiger partial charge >= 0.3 is 12.4 Å². The lowest BCUT2D eigenvalue weighted by molar-refractivity contribution is -0.140. The maximum atomic E-state index is 13.4. The minimum Gasteiger partial charge on any atom is -0.321 e. The molecule has 1 heterocycles. The van der Waals surface area contributed by atoms with Gasteiger partial charge in [-0.05, 0) is 30.3 Å². The van der Waals surface area contributed by atoms with Gasteiger partial charge in [0.1, 0.15) is 10.7 Å². The first-order valence-electron chi connectivity index (χ1n) is 7.63. The van der Waals surface area contributed by atoms with Crippen LogP contribution in [0.4, 0.5) is 42.1 Å². The summed E-state index contributed by atoms with van der Waals surface area (Å²) in [5.41, 5.74) is -1.46. The van der Waals surface area contributed by atoms with Gasteiger partial charge in [-0.1, -0.05) is 6.07 Å². The highest BCUT2D eigenvalue weighted by Gasteiger charge is 2.34. The van der Waals surface area contributed by atoms with E-state index in [0.717, 1.165) is 24.3 Å². The molecule has 0 saturated carbocycles. The molecule has 3 rings (SSSR count). The van der Waals surface area contributed by atoms with Gasteiger partial charge in [0.25, 0.3) is 5.91 Å². The van der Waals surface area contributed by atoms with Gasteiger partial charge in [0.15, 0.2) is 0 Å². The van der Waals surface area contributed by atoms with Crippen LogP contribution in [0.5, 0.6) is 0 Å². The van der Waals surface area contributed by atoms with Crippen molar-refractivity contribution >= 4 is 38.7 Å². The van der Waals surface area contributed by atoms with Crippen molar-refractivity contribution in [3.05, 3.63) is 58.2 Å². The van der Waals surface area contributed by atoms with Crippen molar-refractivity contribution in [1.82, 2.24) is 0 Å². The van der Waals surface area contributed by atoms with Crippen molar-refractivity contribution in [3.8, 4) is 0 Å². The number of amides is 1. The maximum Gasteiger partial charge on any atom is 0.419 e. The first-order chi connectivity index (χ1) is 13.4. The predicted molar refractivity (Wildman–Crippen MR) is 91.6 cm³/mol. The number of anilines is 2. The van der Waals surface area contributed by atoms with Gasteiger partial charge in [-0.25, -0.2) is 4.39 Å². The smallest absolute Gasteiger partial charge is 0.321 e. The van der Waals surface area contributed by atoms with Gasteiger partial charge < -0.3 is 5.32 Å². The molecular formula is C17H9F7N2O2S. The molecule has 0 spiro atoms. The summed E-state index contributed by atoms with van der Waals surface area (Å²) in [7, 11) is 0. The van der Waals surface area contributed by atoms with Crippen LogP contribution in [0.2, 0.25) is 0 Å². The number of carbonyl (C=O) groups is 1. The Labute approximate surface area is 161 Å². The highest BCUT2D eigenvalue weighted by molar-refractivity contribution is 7.21. The Morgan fingerprint density at radius 3 is 2.24 bits per heavy atom. The number of rotatable bonds is 3. The molecule has 1 amide bonds. The number of benzene rings is 2. The zero-order valence-electron chi connectivity index (χ0n) is 13.9. The summed E-state index contributed by atoms with van der Waals surface area (Å²) in [4.78, 5) is 12.2. The first-order valence-corrected chi connectivity index (χ1v) is 8.45. The highest BCUT2D eigenvalue weighted by atomic mass is 32.1. The lowest BCUT2D eigenvalue weighted by Gasteiger charge is -2.11. The number of carbonyl (C=O) groups excluding carboxylic acids is 1. The van der Waals surface area contributed by atoms with Gasteiger partial charge in [0.2, 0.25) is 0 Å². The highest BCUT2D eigenvalue weighted by Crippen LogP contribution is 2.40. The third-order valence-corrected chi connectivity index (χ3v) is 5.02. The molecule has 0 bridgehead atoms. The second kappa shape index (κ2) is 7.19. The maximum absolute atomic E-state index is 13.4. The third-order valence-electron chi connectivity index (χ3n) is 3.87. The standard InChI is InChI=1S/C17H9F7N2O2S/c18-11-4-2-8(6-10(11)17(22,23)24)25-15(27)14-13(26-28)9-3-1-7(16(19,20)21)5-12(9)29-14/h1-6,26,28H,(H,25,27). The topological polar surface area (TPSA) is 61.4 Å². The SMILES string of the molecule is O=C(Nc1ccc(F)c(C(F)(F)F)c1)c1sc2cc(C(F)(F)F)ccc2c1NO. The fourth-order valence-electron chi connectivity index (χ4n) is 2.55. The van der Waals surface area contributed by atoms with E-state index in [0.29, 0.717) is 23.5 Å². The van der Waals surface area contributed by atoms with Gasteiger partial charge in [0.05, 0.1) is 16.8 Å². The lowest BCUT2D eigenvalue weighted by atomic mass is 10.1. The van der Waals surface area contributed by atoms with Crippen molar-refractivity contribution in [1.29, 1.82) is 0 Å². The van der Waals surface area contributed by atoms with Gasteiger partial charge in [0, 0.05) is 15.8 Å². The summed E-state index contributed by atoms with van der Waals surface area (Å²) in [6.45, 7) is 0. The van der Waals surface area contributed by atoms with Gasteiger partial charge in [-0.2, -0.15) is 26.3 Å². The van der Waals surface area contributed by atoms with Crippen LogP contribution in [0, 0.1) is 5.82 Å². The molecule has 0 aliphatic carbocycles. The van der Waals surface area contributed by atoms with E-state index in [1.165, 1.54) is 0 Å². The monoisotopic (exact) mass is 438 g/mol. The second-order valence-electron chi connectivity index (χ2n) is 5.77. The van der Waals surface area contributed by atoms with Crippen LogP contribution in [-0.2, 0) is 12.4 Å². The van der Waals surface area contributed by atoms with Crippen LogP contribution >= 0.6 is 11.3 Å². The van der Waals surface area contributed by atoms with E-state index in [1.54, 1.807) is 5.48 Å². The Balaban J connectivity index is 1.99. The number of nitrogens with one attached hydrogen (secondary N) is 2. The van der Waals surface area contributed by atoms with E-state index in [1.807, 2.05) is 0 Å². The van der Waals surface area contributed by atoms with E-state index in [-0.39, 0.29) is 26.3 Å². The van der Waals surface area contributed by atoms with E-state index in [9.17, 15) is 40.7 Å². The fraction of sp³-hybridized carbons (Fsp3) is 0.118. The summed E-state index contributed by atoms with van der Waals surface area (Å²) in [6, 6.07) is 4.37. The van der Waals surface area contributed by atoms with Crippen molar-refractivity contribution in [2.24, 2.45) is 0 Å². The van der Waals surface area contributed by atoms with Crippen LogP contribution in [0.15, 0.2) is 36.4 Å². The van der Waals surface area contributed by atoms with Crippen molar-refractivity contribution < 1.29 is 40.7 Å². The van der Waals surface area contributed by atoms with Crippen LogP contribution < -0.4 is 10.8 Å². The molecule has 0 atom stereocenters. The molecule has 3 N–H and O–H groups in total. The molecule has 3 aromatic rings. The molecule has 0 saturated heterocycles. The average molecular weight is 438 g/mol. The molecule has 0 aliphatic heterocycles. The Morgan fingerprint density at radius 1 is 0.966 bits per heavy atom. The summed E-state index contributed by atoms with van der Waals surface area (Å²) < 4.78 is 90.3. The Bertz CT molecular complexity index is 1090. The molecule has 0 radical (unpaired) electrons. The second-order valence-corrected chi connectivity index (χ2v) is 6.83. The van der Waals surface area contributed by atoms with E-state index in [4.69, 9.17) is 0 Å². The summed E-state index contributed by atoms with van der Waals surface area (Å²) >= 11 is 0.588. The number of hydrogen-bond donors (Lipinski definition) is 3. The molecule has 12 heteroatoms. The van der Waals surface area contributed by atoms with Crippen LogP contribution in [-0.4, -0.2) is 11.1 Å². The minimum absolute atomic E-state index is 0.0108. The van der Waals surface area contributed by atoms with Crippen molar-refractivity contribution in [3.63, 3.8) is 0 Å². The quantitative estimate of drug-likeness (QED) is 0.341. The zero-order chi connectivity index (χ0) is 21.6. The van der Waals surface area contributed by atoms with Gasteiger partial charge in [-0.15, -0.1) is 11.3 Å². The predicted octanol–water partition coefficient (Wildman–Crippen LogP) is 6.13. The largest absolute Gasteiger partial charge is 0.419 e. The fourth-order valence-corrected chi connectivity index (χ4v) is 3.64. The molecule has 2 aromatic carbocycles. The number of fused-ring (bicyclic) bond motifs is 1. The number of hydrogen-bond acceptors (Lipinski definition) is 4. The zero-order valence-corrected chi connectivity index (χ0v) is 14.7. The average Bonchev–Trinajstić information content (AvgIpc) is 2.99. The summed E-state index contributed by atoms with van der Waals surface area (Å²) in [5.74, 6) is -2.54. The number of alkyl halides is 6. The molecule has 154 valence electrons. The Kier molecular flexibility index (Phi) is 5.17. The molecule has 1 aromatic heterocycles. The Hall–Kier alpha value is -2.86. The first kappa shape index (κ1) is 20.9. The summed E-state index contributed by atoms with van der Waals surface area (Å²) in [5, 5.41) is 11.5. The van der Waals surface area contributed by atoms with Crippen molar-refractivity contribution in [2.75, 3.05) is 10.8 Å². The van der Waals surface area contributed by atoms with Crippen LogP contribution in [0.25, 0.3) is 10.1 Å². The van der Waals surface area contributed by atoms with E-state index >= 15 is 0 Å². The molecule has 0 aliphatic rings. The summed E-state index contributed by atoms with van der Waals surface area (Å²) in [6.07, 6.45) is -9.62.